The Morgan fingerprint density at radius 1 is 1.07 bits per heavy atom. The van der Waals surface area contributed by atoms with Gasteiger partial charge in [-0.15, -0.1) is 0 Å². The summed E-state index contributed by atoms with van der Waals surface area (Å²) < 4.78 is 23.5. The van der Waals surface area contributed by atoms with Gasteiger partial charge in [-0.1, -0.05) is 12.1 Å². The summed E-state index contributed by atoms with van der Waals surface area (Å²) in [7, 11) is 0. The topological polar surface area (TPSA) is 84.9 Å². The van der Waals surface area contributed by atoms with Gasteiger partial charge in [0, 0.05) is 18.7 Å². The van der Waals surface area contributed by atoms with Crippen molar-refractivity contribution >= 4 is 17.8 Å². The van der Waals surface area contributed by atoms with Crippen molar-refractivity contribution in [3.8, 4) is 5.75 Å². The third-order valence-corrected chi connectivity index (χ3v) is 4.17. The number of hydrogen-bond acceptors (Lipinski definition) is 5. The van der Waals surface area contributed by atoms with Gasteiger partial charge in [0.1, 0.15) is 18.1 Å². The second-order valence-corrected chi connectivity index (χ2v) is 6.34. The van der Waals surface area contributed by atoms with Gasteiger partial charge in [0.25, 0.3) is 11.8 Å². The van der Waals surface area contributed by atoms with Crippen molar-refractivity contribution in [1.29, 1.82) is 0 Å². The van der Waals surface area contributed by atoms with E-state index in [1.165, 1.54) is 17.0 Å². The third kappa shape index (κ3) is 7.20. The number of likely N-dealkylation sites (N-methyl/N-ethyl adjacent to an activating group) is 1. The van der Waals surface area contributed by atoms with Crippen LogP contribution in [-0.4, -0.2) is 49.0 Å². The van der Waals surface area contributed by atoms with E-state index in [0.717, 1.165) is 0 Å². The van der Waals surface area contributed by atoms with Gasteiger partial charge in [0.15, 0.2) is 6.61 Å². The minimum atomic E-state index is -0.732. The standard InChI is InChI=1S/C22H25FN2O5/c1-3-25(14-16-6-5-7-18(23)12-16)20(26)15-30-21(27)13-24-22(28)17-8-10-19(11-9-17)29-4-2/h5-12H,3-4,13-15H2,1-2H3,(H,24,28). The summed E-state index contributed by atoms with van der Waals surface area (Å²) in [6.45, 7) is 3.92. The molecule has 0 fully saturated rings. The van der Waals surface area contributed by atoms with Crippen LogP contribution >= 0.6 is 0 Å². The quantitative estimate of drug-likeness (QED) is 0.602. The number of ether oxygens (including phenoxy) is 2. The van der Waals surface area contributed by atoms with Gasteiger partial charge in [-0.05, 0) is 55.8 Å². The zero-order valence-corrected chi connectivity index (χ0v) is 17.0. The van der Waals surface area contributed by atoms with E-state index < -0.39 is 24.4 Å². The molecule has 0 heterocycles. The second kappa shape index (κ2) is 11.5. The number of esters is 1. The van der Waals surface area contributed by atoms with Crippen molar-refractivity contribution in [1.82, 2.24) is 10.2 Å². The van der Waals surface area contributed by atoms with Gasteiger partial charge >= 0.3 is 5.97 Å². The van der Waals surface area contributed by atoms with Gasteiger partial charge in [-0.2, -0.15) is 0 Å². The predicted octanol–water partition coefficient (Wildman–Crippen LogP) is 2.55. The molecule has 160 valence electrons. The Morgan fingerprint density at radius 2 is 1.80 bits per heavy atom. The van der Waals surface area contributed by atoms with E-state index in [2.05, 4.69) is 5.32 Å². The smallest absolute Gasteiger partial charge is 0.325 e. The van der Waals surface area contributed by atoms with Crippen molar-refractivity contribution < 1.29 is 28.2 Å². The largest absolute Gasteiger partial charge is 0.494 e. The normalized spacial score (nSPS) is 10.2. The highest BCUT2D eigenvalue weighted by molar-refractivity contribution is 5.96. The van der Waals surface area contributed by atoms with Crippen LogP contribution in [-0.2, 0) is 20.9 Å². The summed E-state index contributed by atoms with van der Waals surface area (Å²) in [6.07, 6.45) is 0. The number of amides is 2. The highest BCUT2D eigenvalue weighted by Gasteiger charge is 2.16. The summed E-state index contributed by atoms with van der Waals surface area (Å²) in [4.78, 5) is 37.6. The maximum Gasteiger partial charge on any atom is 0.325 e. The average Bonchev–Trinajstić information content (AvgIpc) is 2.75. The number of carbonyl (C=O) groups excluding carboxylic acids is 3. The SMILES string of the molecule is CCOc1ccc(C(=O)NCC(=O)OCC(=O)N(CC)Cc2cccc(F)c2)cc1. The molecule has 1 N–H and O–H groups in total. The maximum absolute atomic E-state index is 13.3. The van der Waals surface area contributed by atoms with Gasteiger partial charge in [0.05, 0.1) is 6.61 Å². The number of hydrogen-bond donors (Lipinski definition) is 1. The van der Waals surface area contributed by atoms with Crippen molar-refractivity contribution in [2.75, 3.05) is 26.3 Å². The monoisotopic (exact) mass is 416 g/mol. The van der Waals surface area contributed by atoms with Crippen LogP contribution in [0.5, 0.6) is 5.75 Å². The lowest BCUT2D eigenvalue weighted by atomic mass is 10.2. The Bertz CT molecular complexity index is 870. The van der Waals surface area contributed by atoms with Crippen molar-refractivity contribution in [2.45, 2.75) is 20.4 Å². The molecule has 0 aromatic heterocycles. The Morgan fingerprint density at radius 3 is 2.43 bits per heavy atom. The van der Waals surface area contributed by atoms with Crippen LogP contribution in [0, 0.1) is 5.82 Å². The lowest BCUT2D eigenvalue weighted by molar-refractivity contribution is -0.151. The van der Waals surface area contributed by atoms with Crippen LogP contribution in [0.2, 0.25) is 0 Å². The van der Waals surface area contributed by atoms with Crippen molar-refractivity contribution in [3.05, 3.63) is 65.5 Å². The van der Waals surface area contributed by atoms with Crippen LogP contribution in [0.3, 0.4) is 0 Å². The molecule has 0 saturated heterocycles. The van der Waals surface area contributed by atoms with E-state index in [1.807, 2.05) is 6.92 Å². The number of nitrogens with one attached hydrogen (secondary N) is 1. The lowest BCUT2D eigenvalue weighted by Gasteiger charge is -2.21. The minimum absolute atomic E-state index is 0.207. The summed E-state index contributed by atoms with van der Waals surface area (Å²) in [5.41, 5.74) is 1.01. The molecule has 0 atom stereocenters. The molecule has 2 aromatic carbocycles. The summed E-state index contributed by atoms with van der Waals surface area (Å²) in [6, 6.07) is 12.4. The minimum Gasteiger partial charge on any atom is -0.494 e. The molecular formula is C22H25FN2O5. The highest BCUT2D eigenvalue weighted by atomic mass is 19.1. The molecule has 0 radical (unpaired) electrons. The molecule has 2 amide bonds. The molecule has 0 spiro atoms. The van der Waals surface area contributed by atoms with Gasteiger partial charge in [-0.3, -0.25) is 14.4 Å². The molecule has 8 heteroatoms. The Hall–Kier alpha value is -3.42. The summed E-state index contributed by atoms with van der Waals surface area (Å²) >= 11 is 0. The first-order valence-corrected chi connectivity index (χ1v) is 9.61. The number of nitrogens with zero attached hydrogens (tertiary/aromatic N) is 1. The van der Waals surface area contributed by atoms with Crippen LogP contribution < -0.4 is 10.1 Å². The molecule has 7 nitrogen and oxygen atoms in total. The molecule has 0 aliphatic carbocycles. The van der Waals surface area contributed by atoms with Crippen LogP contribution in [0.15, 0.2) is 48.5 Å². The molecule has 30 heavy (non-hydrogen) atoms. The van der Waals surface area contributed by atoms with E-state index in [4.69, 9.17) is 9.47 Å². The van der Waals surface area contributed by atoms with E-state index in [-0.39, 0.29) is 18.9 Å². The average molecular weight is 416 g/mol. The molecule has 0 saturated carbocycles. The Labute approximate surface area is 174 Å². The lowest BCUT2D eigenvalue weighted by Crippen LogP contribution is -2.36. The molecule has 0 bridgehead atoms. The first kappa shape index (κ1) is 22.9. The molecule has 0 aliphatic heterocycles. The Kier molecular flexibility index (Phi) is 8.80. The van der Waals surface area contributed by atoms with Crippen molar-refractivity contribution in [3.63, 3.8) is 0 Å². The number of benzene rings is 2. The maximum atomic E-state index is 13.3. The molecule has 2 rings (SSSR count). The van der Waals surface area contributed by atoms with Gasteiger partial charge in [-0.25, -0.2) is 4.39 Å². The first-order valence-electron chi connectivity index (χ1n) is 9.61. The van der Waals surface area contributed by atoms with Crippen molar-refractivity contribution in [2.24, 2.45) is 0 Å². The molecule has 0 unspecified atom stereocenters. The van der Waals surface area contributed by atoms with E-state index in [1.54, 1.807) is 43.3 Å². The van der Waals surface area contributed by atoms with E-state index in [0.29, 0.717) is 30.0 Å². The van der Waals surface area contributed by atoms with E-state index >= 15 is 0 Å². The highest BCUT2D eigenvalue weighted by Crippen LogP contribution is 2.12. The van der Waals surface area contributed by atoms with Crippen LogP contribution in [0.25, 0.3) is 0 Å². The predicted molar refractivity (Wildman–Crippen MR) is 108 cm³/mol. The summed E-state index contributed by atoms with van der Waals surface area (Å²) in [5, 5.41) is 2.44. The van der Waals surface area contributed by atoms with Gasteiger partial charge in [0.2, 0.25) is 0 Å². The number of carbonyl (C=O) groups is 3. The first-order chi connectivity index (χ1) is 14.4. The zero-order chi connectivity index (χ0) is 21.9. The van der Waals surface area contributed by atoms with Crippen LogP contribution in [0.4, 0.5) is 4.39 Å². The molecule has 2 aromatic rings. The summed E-state index contributed by atoms with van der Waals surface area (Å²) in [5.74, 6) is -1.32. The fraction of sp³-hybridized carbons (Fsp3) is 0.318. The zero-order valence-electron chi connectivity index (χ0n) is 17.0. The fourth-order valence-corrected chi connectivity index (χ4v) is 2.64. The second-order valence-electron chi connectivity index (χ2n) is 6.34. The molecular weight excluding hydrogens is 391 g/mol. The Balaban J connectivity index is 1.77. The van der Waals surface area contributed by atoms with E-state index in [9.17, 15) is 18.8 Å². The van der Waals surface area contributed by atoms with Gasteiger partial charge < -0.3 is 19.7 Å². The third-order valence-electron chi connectivity index (χ3n) is 4.17. The number of halogens is 1. The van der Waals surface area contributed by atoms with Crippen LogP contribution in [0.1, 0.15) is 29.8 Å². The fourth-order valence-electron chi connectivity index (χ4n) is 2.64. The number of rotatable bonds is 10. The molecule has 0 aliphatic rings.